The van der Waals surface area contributed by atoms with Crippen molar-refractivity contribution >= 4 is 32.7 Å². The number of hydrogen-bond acceptors (Lipinski definition) is 4. The summed E-state index contributed by atoms with van der Waals surface area (Å²) in [7, 11) is 0. The molecule has 106 valence electrons. The van der Waals surface area contributed by atoms with Gasteiger partial charge in [0.25, 0.3) is 5.91 Å². The number of pyridine rings is 1. The highest BCUT2D eigenvalue weighted by Crippen LogP contribution is 2.21. The standard InChI is InChI=1S/C13H15BrN4O2/c14-12-9-7-15-11(6-10(9)16-17-12)13(20)18-4-1-2-8(19)3-5-18/h6-8,19H,1-5H2,(H,16,17). The highest BCUT2D eigenvalue weighted by Gasteiger charge is 2.21. The number of nitrogens with one attached hydrogen (secondary N) is 1. The number of amides is 1. The molecule has 1 unspecified atom stereocenters. The van der Waals surface area contributed by atoms with E-state index in [1.54, 1.807) is 17.2 Å². The predicted molar refractivity (Wildman–Crippen MR) is 77.4 cm³/mol. The first-order valence-electron chi connectivity index (χ1n) is 6.62. The van der Waals surface area contributed by atoms with Crippen molar-refractivity contribution < 1.29 is 9.90 Å². The number of carbonyl (C=O) groups excluding carboxylic acids is 1. The number of aliphatic hydroxyl groups excluding tert-OH is 1. The Balaban J connectivity index is 1.84. The first-order chi connectivity index (χ1) is 9.65. The molecule has 0 bridgehead atoms. The van der Waals surface area contributed by atoms with Gasteiger partial charge in [-0.25, -0.2) is 0 Å². The van der Waals surface area contributed by atoms with Crippen molar-refractivity contribution in [1.29, 1.82) is 0 Å². The molecule has 0 aliphatic carbocycles. The largest absolute Gasteiger partial charge is 0.393 e. The van der Waals surface area contributed by atoms with Gasteiger partial charge in [-0.3, -0.25) is 14.9 Å². The summed E-state index contributed by atoms with van der Waals surface area (Å²) >= 11 is 3.32. The van der Waals surface area contributed by atoms with E-state index < -0.39 is 0 Å². The molecule has 3 rings (SSSR count). The second-order valence-corrected chi connectivity index (χ2v) is 5.76. The van der Waals surface area contributed by atoms with Gasteiger partial charge in [-0.05, 0) is 41.3 Å². The SMILES string of the molecule is O=C(c1cc2[nH]nc(Br)c2cn1)N1CCCC(O)CC1. The first kappa shape index (κ1) is 13.5. The van der Waals surface area contributed by atoms with E-state index in [4.69, 9.17) is 0 Å². The highest BCUT2D eigenvalue weighted by atomic mass is 79.9. The summed E-state index contributed by atoms with van der Waals surface area (Å²) in [6.07, 6.45) is 3.55. The third-order valence-corrected chi connectivity index (χ3v) is 4.21. The minimum atomic E-state index is -0.299. The predicted octanol–water partition coefficient (Wildman–Crippen LogP) is 1.71. The van der Waals surface area contributed by atoms with Gasteiger partial charge in [0.1, 0.15) is 10.3 Å². The van der Waals surface area contributed by atoms with Crippen LogP contribution in [0.25, 0.3) is 10.9 Å². The van der Waals surface area contributed by atoms with E-state index in [0.717, 1.165) is 23.7 Å². The van der Waals surface area contributed by atoms with Crippen LogP contribution in [0.4, 0.5) is 0 Å². The van der Waals surface area contributed by atoms with E-state index in [2.05, 4.69) is 31.1 Å². The maximum atomic E-state index is 12.4. The molecule has 0 aromatic carbocycles. The molecule has 2 N–H and O–H groups in total. The number of halogens is 1. The van der Waals surface area contributed by atoms with Crippen LogP contribution in [0.3, 0.4) is 0 Å². The summed E-state index contributed by atoms with van der Waals surface area (Å²) in [6, 6.07) is 1.72. The van der Waals surface area contributed by atoms with E-state index in [9.17, 15) is 9.90 Å². The number of rotatable bonds is 1. The number of aromatic amines is 1. The Bertz CT molecular complexity index is 642. The van der Waals surface area contributed by atoms with Crippen LogP contribution in [0.5, 0.6) is 0 Å². The fourth-order valence-electron chi connectivity index (χ4n) is 2.44. The van der Waals surface area contributed by atoms with E-state index >= 15 is 0 Å². The van der Waals surface area contributed by atoms with Crippen LogP contribution < -0.4 is 0 Å². The second-order valence-electron chi connectivity index (χ2n) is 5.01. The van der Waals surface area contributed by atoms with Crippen molar-refractivity contribution in [3.63, 3.8) is 0 Å². The number of aromatic nitrogens is 3. The van der Waals surface area contributed by atoms with Gasteiger partial charge in [0.05, 0.1) is 17.0 Å². The van der Waals surface area contributed by atoms with Gasteiger partial charge in [0, 0.05) is 19.3 Å². The normalized spacial score (nSPS) is 20.1. The Hall–Kier alpha value is -1.47. The molecule has 1 atom stereocenters. The van der Waals surface area contributed by atoms with Crippen LogP contribution in [0.15, 0.2) is 16.9 Å². The molecule has 3 heterocycles. The van der Waals surface area contributed by atoms with E-state index in [-0.39, 0.29) is 12.0 Å². The summed E-state index contributed by atoms with van der Waals surface area (Å²) in [5.41, 5.74) is 1.19. The minimum absolute atomic E-state index is 0.0910. The molecular formula is C13H15BrN4O2. The zero-order valence-electron chi connectivity index (χ0n) is 10.8. The van der Waals surface area contributed by atoms with Gasteiger partial charge >= 0.3 is 0 Å². The molecule has 0 spiro atoms. The van der Waals surface area contributed by atoms with Crippen LogP contribution in [-0.4, -0.2) is 50.3 Å². The molecular weight excluding hydrogens is 324 g/mol. The number of carbonyl (C=O) groups is 1. The monoisotopic (exact) mass is 338 g/mol. The quantitative estimate of drug-likeness (QED) is 0.829. The van der Waals surface area contributed by atoms with Crippen molar-refractivity contribution in [2.45, 2.75) is 25.4 Å². The van der Waals surface area contributed by atoms with Crippen LogP contribution in [0.2, 0.25) is 0 Å². The van der Waals surface area contributed by atoms with Crippen LogP contribution >= 0.6 is 15.9 Å². The molecule has 1 amide bonds. The zero-order chi connectivity index (χ0) is 14.1. The smallest absolute Gasteiger partial charge is 0.272 e. The van der Waals surface area contributed by atoms with Gasteiger partial charge in [-0.2, -0.15) is 5.10 Å². The van der Waals surface area contributed by atoms with Gasteiger partial charge in [0.2, 0.25) is 0 Å². The summed E-state index contributed by atoms with van der Waals surface area (Å²) in [5.74, 6) is -0.0910. The lowest BCUT2D eigenvalue weighted by molar-refractivity contribution is 0.0747. The van der Waals surface area contributed by atoms with Crippen LogP contribution in [0.1, 0.15) is 29.8 Å². The van der Waals surface area contributed by atoms with Crippen molar-refractivity contribution in [1.82, 2.24) is 20.1 Å². The Morgan fingerprint density at radius 2 is 2.30 bits per heavy atom. The fourth-order valence-corrected chi connectivity index (χ4v) is 2.85. The van der Waals surface area contributed by atoms with Gasteiger partial charge in [-0.15, -0.1) is 0 Å². The number of aliphatic hydroxyl groups is 1. The maximum absolute atomic E-state index is 12.4. The average molecular weight is 339 g/mol. The Morgan fingerprint density at radius 3 is 3.15 bits per heavy atom. The maximum Gasteiger partial charge on any atom is 0.272 e. The summed E-state index contributed by atoms with van der Waals surface area (Å²) in [5, 5.41) is 17.4. The van der Waals surface area contributed by atoms with Gasteiger partial charge < -0.3 is 10.0 Å². The fraction of sp³-hybridized carbons (Fsp3) is 0.462. The highest BCUT2D eigenvalue weighted by molar-refractivity contribution is 9.10. The lowest BCUT2D eigenvalue weighted by Gasteiger charge is -2.19. The van der Waals surface area contributed by atoms with Crippen molar-refractivity contribution in [3.05, 3.63) is 22.6 Å². The average Bonchev–Trinajstić information content (AvgIpc) is 2.68. The molecule has 0 radical (unpaired) electrons. The Morgan fingerprint density at radius 1 is 1.45 bits per heavy atom. The molecule has 2 aromatic rings. The second kappa shape index (κ2) is 5.49. The molecule has 6 nitrogen and oxygen atoms in total. The molecule has 20 heavy (non-hydrogen) atoms. The van der Waals surface area contributed by atoms with E-state index in [0.29, 0.717) is 29.8 Å². The topological polar surface area (TPSA) is 82.1 Å². The lowest BCUT2D eigenvalue weighted by Crippen LogP contribution is -2.32. The zero-order valence-corrected chi connectivity index (χ0v) is 12.4. The lowest BCUT2D eigenvalue weighted by atomic mass is 10.2. The number of likely N-dealkylation sites (tertiary alicyclic amines) is 1. The number of nitrogens with zero attached hydrogens (tertiary/aromatic N) is 3. The van der Waals surface area contributed by atoms with Crippen molar-refractivity contribution in [2.24, 2.45) is 0 Å². The Labute approximate surface area is 124 Å². The van der Waals surface area contributed by atoms with Gasteiger partial charge in [-0.1, -0.05) is 0 Å². The van der Waals surface area contributed by atoms with E-state index in [1.807, 2.05) is 0 Å². The number of H-pyrrole nitrogens is 1. The molecule has 2 aromatic heterocycles. The molecule has 1 fully saturated rings. The Kier molecular flexibility index (Phi) is 3.71. The van der Waals surface area contributed by atoms with Gasteiger partial charge in [0.15, 0.2) is 0 Å². The summed E-state index contributed by atoms with van der Waals surface area (Å²) in [6.45, 7) is 1.24. The molecule has 0 saturated carbocycles. The third kappa shape index (κ3) is 2.55. The molecule has 1 aliphatic rings. The molecule has 1 aliphatic heterocycles. The van der Waals surface area contributed by atoms with Crippen molar-refractivity contribution in [2.75, 3.05) is 13.1 Å². The van der Waals surface area contributed by atoms with Crippen LogP contribution in [0, 0.1) is 0 Å². The van der Waals surface area contributed by atoms with E-state index in [1.165, 1.54) is 0 Å². The van der Waals surface area contributed by atoms with Crippen molar-refractivity contribution in [3.8, 4) is 0 Å². The summed E-state index contributed by atoms with van der Waals surface area (Å²) < 4.78 is 0.692. The summed E-state index contributed by atoms with van der Waals surface area (Å²) in [4.78, 5) is 18.4. The number of hydrogen-bond donors (Lipinski definition) is 2. The first-order valence-corrected chi connectivity index (χ1v) is 7.41. The van der Waals surface area contributed by atoms with Crippen LogP contribution in [-0.2, 0) is 0 Å². The third-order valence-electron chi connectivity index (χ3n) is 3.60. The molecule has 7 heteroatoms. The molecule has 1 saturated heterocycles. The minimum Gasteiger partial charge on any atom is -0.393 e. The number of fused-ring (bicyclic) bond motifs is 1.